The van der Waals surface area contributed by atoms with Crippen LogP contribution in [0.1, 0.15) is 37.0 Å². The number of hydrogen-bond acceptors (Lipinski definition) is 4. The molecule has 1 aromatic heterocycles. The molecule has 0 aliphatic carbocycles. The Bertz CT molecular complexity index is 457. The fraction of sp³-hybridized carbons (Fsp3) is 0.571. The molecule has 0 unspecified atom stereocenters. The van der Waals surface area contributed by atoms with Gasteiger partial charge in [-0.05, 0) is 33.0 Å². The van der Waals surface area contributed by atoms with Crippen LogP contribution >= 0.6 is 0 Å². The minimum atomic E-state index is -0.701. The summed E-state index contributed by atoms with van der Waals surface area (Å²) in [5.41, 5.74) is -0.669. The van der Waals surface area contributed by atoms with Crippen molar-refractivity contribution in [3.05, 3.63) is 23.6 Å². The monoisotopic (exact) mass is 268 g/mol. The van der Waals surface area contributed by atoms with Gasteiger partial charge in [0.15, 0.2) is 11.6 Å². The third-order valence-corrected chi connectivity index (χ3v) is 3.74. The number of rotatable bonds is 6. The average Bonchev–Trinajstić information content (AvgIpc) is 2.40. The van der Waals surface area contributed by atoms with Crippen molar-refractivity contribution in [3.8, 4) is 5.88 Å². The van der Waals surface area contributed by atoms with Crippen LogP contribution in [0.4, 0.5) is 4.39 Å². The van der Waals surface area contributed by atoms with E-state index >= 15 is 0 Å². The van der Waals surface area contributed by atoms with Crippen LogP contribution in [0.15, 0.2) is 12.3 Å². The Kier molecular flexibility index (Phi) is 5.00. The number of nitrogens with zero attached hydrogens (tertiary/aromatic N) is 2. The highest BCUT2D eigenvalue weighted by molar-refractivity contribution is 6.03. The van der Waals surface area contributed by atoms with Crippen LogP contribution in [0.5, 0.6) is 5.88 Å². The second-order valence-corrected chi connectivity index (χ2v) is 4.64. The lowest BCUT2D eigenvalue weighted by Crippen LogP contribution is -2.50. The van der Waals surface area contributed by atoms with E-state index in [4.69, 9.17) is 4.74 Å². The van der Waals surface area contributed by atoms with Gasteiger partial charge in [-0.2, -0.15) is 0 Å². The zero-order valence-corrected chi connectivity index (χ0v) is 12.2. The van der Waals surface area contributed by atoms with Gasteiger partial charge in [0, 0.05) is 6.20 Å². The van der Waals surface area contributed by atoms with Gasteiger partial charge >= 0.3 is 0 Å². The number of carbonyl (C=O) groups excluding carboxylic acids is 1. The van der Waals surface area contributed by atoms with Crippen molar-refractivity contribution in [1.29, 1.82) is 0 Å². The lowest BCUT2D eigenvalue weighted by Gasteiger charge is -2.37. The van der Waals surface area contributed by atoms with Gasteiger partial charge in [-0.1, -0.05) is 13.8 Å². The predicted octanol–water partition coefficient (Wildman–Crippen LogP) is 2.53. The molecule has 0 spiro atoms. The van der Waals surface area contributed by atoms with Crippen LogP contribution in [0, 0.1) is 5.82 Å². The third-order valence-electron chi connectivity index (χ3n) is 3.74. The molecule has 5 heteroatoms. The summed E-state index contributed by atoms with van der Waals surface area (Å²) >= 11 is 0. The van der Waals surface area contributed by atoms with Crippen molar-refractivity contribution in [2.75, 3.05) is 21.2 Å². The standard InChI is InChI=1S/C14H21FN2O2/c1-6-14(7-2,17(3)4)12(18)10-8-9-16-13(19-5)11(10)15/h8-9H,6-7H2,1-5H3. The van der Waals surface area contributed by atoms with Crippen molar-refractivity contribution in [1.82, 2.24) is 9.88 Å². The molecule has 1 rings (SSSR count). The summed E-state index contributed by atoms with van der Waals surface area (Å²) < 4.78 is 19.0. The molecule has 106 valence electrons. The number of hydrogen-bond donors (Lipinski definition) is 0. The van der Waals surface area contributed by atoms with E-state index in [-0.39, 0.29) is 17.2 Å². The van der Waals surface area contributed by atoms with Crippen LogP contribution in [0.2, 0.25) is 0 Å². The van der Waals surface area contributed by atoms with Crippen LogP contribution < -0.4 is 4.74 Å². The number of pyridine rings is 1. The number of ether oxygens (including phenoxy) is 1. The van der Waals surface area contributed by atoms with E-state index in [1.165, 1.54) is 19.4 Å². The van der Waals surface area contributed by atoms with Crippen molar-refractivity contribution in [2.45, 2.75) is 32.2 Å². The Hall–Kier alpha value is -1.49. The fourth-order valence-electron chi connectivity index (χ4n) is 2.40. The molecule has 0 N–H and O–H groups in total. The Morgan fingerprint density at radius 1 is 1.42 bits per heavy atom. The van der Waals surface area contributed by atoms with Gasteiger partial charge in [0.2, 0.25) is 0 Å². The maximum atomic E-state index is 14.2. The minimum Gasteiger partial charge on any atom is -0.479 e. The first-order chi connectivity index (χ1) is 8.94. The maximum Gasteiger partial charge on any atom is 0.250 e. The summed E-state index contributed by atoms with van der Waals surface area (Å²) in [4.78, 5) is 18.3. The molecule has 1 heterocycles. The Morgan fingerprint density at radius 3 is 2.42 bits per heavy atom. The summed E-state index contributed by atoms with van der Waals surface area (Å²) in [6, 6.07) is 1.41. The smallest absolute Gasteiger partial charge is 0.250 e. The molecule has 0 fully saturated rings. The topological polar surface area (TPSA) is 42.4 Å². The second kappa shape index (κ2) is 6.10. The van der Waals surface area contributed by atoms with Gasteiger partial charge in [0.1, 0.15) is 0 Å². The van der Waals surface area contributed by atoms with E-state index < -0.39 is 11.4 Å². The first-order valence-corrected chi connectivity index (χ1v) is 6.35. The summed E-state index contributed by atoms with van der Waals surface area (Å²) in [5.74, 6) is -1.07. The van der Waals surface area contributed by atoms with Gasteiger partial charge in [-0.3, -0.25) is 9.69 Å². The predicted molar refractivity (Wildman–Crippen MR) is 72.1 cm³/mol. The number of Topliss-reactive ketones (excluding diaryl/α,β-unsaturated/α-hetero) is 1. The molecule has 0 saturated carbocycles. The lowest BCUT2D eigenvalue weighted by molar-refractivity contribution is 0.0650. The zero-order valence-electron chi connectivity index (χ0n) is 12.2. The number of aromatic nitrogens is 1. The highest BCUT2D eigenvalue weighted by Gasteiger charge is 2.39. The highest BCUT2D eigenvalue weighted by Crippen LogP contribution is 2.29. The molecule has 0 saturated heterocycles. The summed E-state index contributed by atoms with van der Waals surface area (Å²) in [5, 5.41) is 0. The molecule has 4 nitrogen and oxygen atoms in total. The number of likely N-dealkylation sites (N-methyl/N-ethyl adjacent to an activating group) is 1. The minimum absolute atomic E-state index is 0.0317. The Balaban J connectivity index is 3.33. The summed E-state index contributed by atoms with van der Waals surface area (Å²) in [6.07, 6.45) is 2.61. The van der Waals surface area contributed by atoms with Crippen LogP contribution in [-0.2, 0) is 0 Å². The maximum absolute atomic E-state index is 14.2. The van der Waals surface area contributed by atoms with E-state index in [0.717, 1.165) is 0 Å². The van der Waals surface area contributed by atoms with Crippen molar-refractivity contribution in [2.24, 2.45) is 0 Å². The molecule has 0 aliphatic heterocycles. The first-order valence-electron chi connectivity index (χ1n) is 6.35. The molecule has 0 atom stereocenters. The molecular formula is C14H21FN2O2. The number of halogens is 1. The molecule has 0 amide bonds. The molecule has 19 heavy (non-hydrogen) atoms. The third kappa shape index (κ3) is 2.61. The number of carbonyl (C=O) groups is 1. The summed E-state index contributed by atoms with van der Waals surface area (Å²) in [7, 11) is 5.00. The van der Waals surface area contributed by atoms with E-state index in [1.807, 2.05) is 32.8 Å². The van der Waals surface area contributed by atoms with E-state index in [9.17, 15) is 9.18 Å². The molecule has 0 aromatic carbocycles. The second-order valence-electron chi connectivity index (χ2n) is 4.64. The van der Waals surface area contributed by atoms with Gasteiger partial charge in [0.05, 0.1) is 18.2 Å². The van der Waals surface area contributed by atoms with Gasteiger partial charge in [-0.25, -0.2) is 9.37 Å². The normalized spacial score (nSPS) is 11.7. The van der Waals surface area contributed by atoms with Crippen molar-refractivity contribution >= 4 is 5.78 Å². The zero-order chi connectivity index (χ0) is 14.6. The van der Waals surface area contributed by atoms with Crippen LogP contribution in [-0.4, -0.2) is 42.4 Å². The number of methoxy groups -OCH3 is 1. The molecule has 0 bridgehead atoms. The van der Waals surface area contributed by atoms with E-state index in [0.29, 0.717) is 12.8 Å². The summed E-state index contributed by atoms with van der Waals surface area (Å²) in [6.45, 7) is 3.86. The molecule has 1 aromatic rings. The van der Waals surface area contributed by atoms with Crippen LogP contribution in [0.3, 0.4) is 0 Å². The lowest BCUT2D eigenvalue weighted by atomic mass is 9.83. The van der Waals surface area contributed by atoms with Crippen LogP contribution in [0.25, 0.3) is 0 Å². The fourth-order valence-corrected chi connectivity index (χ4v) is 2.40. The quantitative estimate of drug-likeness (QED) is 0.744. The molecule has 0 aliphatic rings. The van der Waals surface area contributed by atoms with Gasteiger partial charge in [-0.15, -0.1) is 0 Å². The molecular weight excluding hydrogens is 247 g/mol. The Labute approximate surface area is 113 Å². The largest absolute Gasteiger partial charge is 0.479 e. The van der Waals surface area contributed by atoms with E-state index in [1.54, 1.807) is 0 Å². The first kappa shape index (κ1) is 15.6. The van der Waals surface area contributed by atoms with Gasteiger partial charge in [0.25, 0.3) is 5.88 Å². The number of ketones is 1. The SMILES string of the molecule is CCC(CC)(C(=O)c1ccnc(OC)c1F)N(C)C. The Morgan fingerprint density at radius 2 is 2.00 bits per heavy atom. The average molecular weight is 268 g/mol. The highest BCUT2D eigenvalue weighted by atomic mass is 19.1. The molecule has 0 radical (unpaired) electrons. The van der Waals surface area contributed by atoms with Crippen molar-refractivity contribution < 1.29 is 13.9 Å². The van der Waals surface area contributed by atoms with Crippen molar-refractivity contribution in [3.63, 3.8) is 0 Å². The van der Waals surface area contributed by atoms with E-state index in [2.05, 4.69) is 4.98 Å². The van der Waals surface area contributed by atoms with Gasteiger partial charge < -0.3 is 4.74 Å².